The topological polar surface area (TPSA) is 70.8 Å². The van der Waals surface area contributed by atoms with E-state index in [-0.39, 0.29) is 12.9 Å². The third-order valence-corrected chi connectivity index (χ3v) is 4.17. The fourth-order valence-corrected chi connectivity index (χ4v) is 3.10. The molecule has 0 bridgehead atoms. The zero-order chi connectivity index (χ0) is 16.9. The van der Waals surface area contributed by atoms with E-state index in [0.717, 1.165) is 41.7 Å². The summed E-state index contributed by atoms with van der Waals surface area (Å²) in [4.78, 5) is 11.1. The summed E-state index contributed by atoms with van der Waals surface area (Å²) in [5, 5.41) is 0. The Morgan fingerprint density at radius 2 is 2.04 bits per heavy atom. The van der Waals surface area contributed by atoms with Crippen LogP contribution in [0.2, 0.25) is 0 Å². The van der Waals surface area contributed by atoms with E-state index < -0.39 is 6.09 Å². The molecule has 1 amide bonds. The molecule has 126 valence electrons. The fourth-order valence-electron chi connectivity index (χ4n) is 3.10. The van der Waals surface area contributed by atoms with Gasteiger partial charge in [0.15, 0.2) is 6.79 Å². The molecule has 2 N–H and O–H groups in total. The van der Waals surface area contributed by atoms with E-state index in [9.17, 15) is 4.79 Å². The van der Waals surface area contributed by atoms with E-state index >= 15 is 0 Å². The predicted molar refractivity (Wildman–Crippen MR) is 90.7 cm³/mol. The van der Waals surface area contributed by atoms with Crippen LogP contribution in [0.3, 0.4) is 0 Å². The lowest BCUT2D eigenvalue weighted by Gasteiger charge is -2.25. The van der Waals surface area contributed by atoms with Gasteiger partial charge in [-0.25, -0.2) is 4.79 Å². The first kappa shape index (κ1) is 16.3. The normalized spacial score (nSPS) is 16.3. The molecule has 0 saturated heterocycles. The quantitative estimate of drug-likeness (QED) is 0.848. The van der Waals surface area contributed by atoms with Crippen molar-refractivity contribution in [2.75, 3.05) is 13.9 Å². The van der Waals surface area contributed by atoms with Crippen LogP contribution in [0.5, 0.6) is 5.75 Å². The molecule has 0 heterocycles. The second-order valence-corrected chi connectivity index (χ2v) is 5.81. The zero-order valence-corrected chi connectivity index (χ0v) is 13.7. The average molecular weight is 327 g/mol. The minimum Gasteiger partial charge on any atom is -0.468 e. The molecule has 3 rings (SSSR count). The van der Waals surface area contributed by atoms with Crippen molar-refractivity contribution >= 4 is 6.09 Å². The van der Waals surface area contributed by atoms with Gasteiger partial charge in [0.1, 0.15) is 11.9 Å². The van der Waals surface area contributed by atoms with Crippen molar-refractivity contribution < 1.29 is 19.0 Å². The van der Waals surface area contributed by atoms with Gasteiger partial charge in [-0.15, -0.1) is 0 Å². The number of fused-ring (bicyclic) bond motifs is 1. The molecule has 2 aromatic carbocycles. The largest absolute Gasteiger partial charge is 0.468 e. The number of ether oxygens (including phenoxy) is 3. The van der Waals surface area contributed by atoms with Crippen LogP contribution < -0.4 is 10.5 Å². The van der Waals surface area contributed by atoms with Crippen molar-refractivity contribution in [2.45, 2.75) is 25.4 Å². The summed E-state index contributed by atoms with van der Waals surface area (Å²) in [6.07, 6.45) is 1.81. The molecule has 24 heavy (non-hydrogen) atoms. The highest BCUT2D eigenvalue weighted by atomic mass is 16.7. The van der Waals surface area contributed by atoms with E-state index in [0.29, 0.717) is 0 Å². The lowest BCUT2D eigenvalue weighted by Crippen LogP contribution is -2.20. The summed E-state index contributed by atoms with van der Waals surface area (Å²) < 4.78 is 15.7. The number of benzene rings is 2. The van der Waals surface area contributed by atoms with Gasteiger partial charge in [-0.05, 0) is 53.6 Å². The molecule has 0 aromatic heterocycles. The van der Waals surface area contributed by atoms with Crippen LogP contribution in [0, 0.1) is 0 Å². The fraction of sp³-hybridized carbons (Fsp3) is 0.316. The van der Waals surface area contributed by atoms with Crippen molar-refractivity contribution in [3.63, 3.8) is 0 Å². The maximum atomic E-state index is 11.1. The maximum Gasteiger partial charge on any atom is 0.405 e. The highest BCUT2D eigenvalue weighted by Crippen LogP contribution is 2.35. The minimum absolute atomic E-state index is 0.222. The lowest BCUT2D eigenvalue weighted by molar-refractivity contribution is 0.0511. The smallest absolute Gasteiger partial charge is 0.405 e. The Morgan fingerprint density at radius 1 is 1.21 bits per heavy atom. The Labute approximate surface area is 141 Å². The molecule has 1 aliphatic rings. The number of amides is 1. The van der Waals surface area contributed by atoms with Crippen LogP contribution in [0.25, 0.3) is 11.1 Å². The molecule has 2 aromatic rings. The van der Waals surface area contributed by atoms with Gasteiger partial charge in [0, 0.05) is 7.11 Å². The molecule has 0 spiro atoms. The first-order valence-electron chi connectivity index (χ1n) is 7.98. The zero-order valence-electron chi connectivity index (χ0n) is 13.7. The van der Waals surface area contributed by atoms with E-state index in [1.807, 2.05) is 36.4 Å². The van der Waals surface area contributed by atoms with E-state index in [1.165, 1.54) is 5.56 Å². The van der Waals surface area contributed by atoms with Gasteiger partial charge < -0.3 is 19.9 Å². The molecule has 5 nitrogen and oxygen atoms in total. The number of carbonyl (C=O) groups is 1. The van der Waals surface area contributed by atoms with Crippen molar-refractivity contribution in [1.82, 2.24) is 0 Å². The number of primary amides is 1. The van der Waals surface area contributed by atoms with Crippen molar-refractivity contribution in [2.24, 2.45) is 5.73 Å². The SMILES string of the molecule is COCOc1cccc(-c2ccc3c(c2)CCCC3OC(N)=O)c1. The number of hydrogen-bond donors (Lipinski definition) is 1. The highest BCUT2D eigenvalue weighted by Gasteiger charge is 2.23. The molecule has 1 aliphatic carbocycles. The number of hydrogen-bond acceptors (Lipinski definition) is 4. The molecule has 1 atom stereocenters. The molecular weight excluding hydrogens is 306 g/mol. The Morgan fingerprint density at radius 3 is 2.83 bits per heavy atom. The summed E-state index contributed by atoms with van der Waals surface area (Å²) in [5.74, 6) is 0.766. The van der Waals surface area contributed by atoms with Crippen molar-refractivity contribution in [1.29, 1.82) is 0 Å². The minimum atomic E-state index is -0.722. The van der Waals surface area contributed by atoms with Crippen LogP contribution >= 0.6 is 0 Å². The van der Waals surface area contributed by atoms with Gasteiger partial charge in [-0.1, -0.05) is 30.3 Å². The summed E-state index contributed by atoms with van der Waals surface area (Å²) in [7, 11) is 1.60. The Kier molecular flexibility index (Phi) is 5.01. The number of carbonyl (C=O) groups excluding carboxylic acids is 1. The van der Waals surface area contributed by atoms with Gasteiger partial charge in [0.2, 0.25) is 0 Å². The Bertz CT molecular complexity index is 729. The molecule has 0 radical (unpaired) electrons. The van der Waals surface area contributed by atoms with Gasteiger partial charge >= 0.3 is 6.09 Å². The van der Waals surface area contributed by atoms with Crippen LogP contribution in [0.4, 0.5) is 4.79 Å². The number of methoxy groups -OCH3 is 1. The van der Waals surface area contributed by atoms with Crippen LogP contribution in [-0.4, -0.2) is 20.0 Å². The second kappa shape index (κ2) is 7.36. The van der Waals surface area contributed by atoms with Gasteiger partial charge in [0.05, 0.1) is 0 Å². The number of nitrogens with two attached hydrogens (primary N) is 1. The summed E-state index contributed by atoms with van der Waals surface area (Å²) >= 11 is 0. The second-order valence-electron chi connectivity index (χ2n) is 5.81. The van der Waals surface area contributed by atoms with Crippen molar-refractivity contribution in [3.05, 3.63) is 53.6 Å². The van der Waals surface area contributed by atoms with Crippen LogP contribution in [0.1, 0.15) is 30.1 Å². The summed E-state index contributed by atoms with van der Waals surface area (Å²) in [5.41, 5.74) is 9.61. The molecule has 0 fully saturated rings. The Hall–Kier alpha value is -2.53. The van der Waals surface area contributed by atoms with E-state index in [2.05, 4.69) is 6.07 Å². The Balaban J connectivity index is 1.87. The van der Waals surface area contributed by atoms with Crippen molar-refractivity contribution in [3.8, 4) is 16.9 Å². The average Bonchev–Trinajstić information content (AvgIpc) is 2.59. The van der Waals surface area contributed by atoms with E-state index in [4.69, 9.17) is 19.9 Å². The third-order valence-electron chi connectivity index (χ3n) is 4.17. The summed E-state index contributed by atoms with van der Waals surface area (Å²) in [6.45, 7) is 0.222. The molecule has 0 aliphatic heterocycles. The first-order valence-corrected chi connectivity index (χ1v) is 7.98. The van der Waals surface area contributed by atoms with Crippen LogP contribution in [-0.2, 0) is 15.9 Å². The first-order chi connectivity index (χ1) is 11.7. The monoisotopic (exact) mass is 327 g/mol. The number of rotatable bonds is 5. The number of aryl methyl sites for hydroxylation is 1. The molecular formula is C19H21NO4. The maximum absolute atomic E-state index is 11.1. The van der Waals surface area contributed by atoms with Crippen LogP contribution in [0.15, 0.2) is 42.5 Å². The van der Waals surface area contributed by atoms with Gasteiger partial charge in [-0.2, -0.15) is 0 Å². The summed E-state index contributed by atoms with van der Waals surface area (Å²) in [6, 6.07) is 14.1. The van der Waals surface area contributed by atoms with E-state index in [1.54, 1.807) is 7.11 Å². The highest BCUT2D eigenvalue weighted by molar-refractivity contribution is 5.68. The third kappa shape index (κ3) is 3.68. The molecule has 0 saturated carbocycles. The van der Waals surface area contributed by atoms with Gasteiger partial charge in [-0.3, -0.25) is 0 Å². The molecule has 1 unspecified atom stereocenters. The standard InChI is InChI=1S/C19H21NO4/c1-22-12-23-16-6-2-4-13(11-16)14-8-9-17-15(10-14)5-3-7-18(17)24-19(20)21/h2,4,6,8-11,18H,3,5,7,12H2,1H3,(H2,20,21). The lowest BCUT2D eigenvalue weighted by atomic mass is 9.87. The van der Waals surface area contributed by atoms with Gasteiger partial charge in [0.25, 0.3) is 0 Å². The predicted octanol–water partition coefficient (Wildman–Crippen LogP) is 3.81. The molecule has 5 heteroatoms.